The number of amides is 1. The van der Waals surface area contributed by atoms with E-state index in [0.29, 0.717) is 24.4 Å². The number of nitrogens with one attached hydrogen (secondary N) is 2. The van der Waals surface area contributed by atoms with Crippen LogP contribution >= 0.6 is 11.3 Å². The number of aromatic nitrogens is 2. The Kier molecular flexibility index (Phi) is 7.22. The Balaban J connectivity index is 1.55. The Morgan fingerprint density at radius 3 is 2.59 bits per heavy atom. The molecule has 0 fully saturated rings. The monoisotopic (exact) mass is 444 g/mol. The number of methoxy groups -OCH3 is 1. The molecule has 4 aromatic rings. The summed E-state index contributed by atoms with van der Waals surface area (Å²) in [6, 6.07) is 19.1. The van der Waals surface area contributed by atoms with Crippen LogP contribution in [0, 0.1) is 0 Å². The molecular weight excluding hydrogens is 420 g/mol. The van der Waals surface area contributed by atoms with Crippen LogP contribution in [-0.2, 0) is 17.8 Å². The van der Waals surface area contributed by atoms with Crippen LogP contribution in [0.2, 0.25) is 0 Å². The normalized spacial score (nSPS) is 11.7. The summed E-state index contributed by atoms with van der Waals surface area (Å²) in [5, 5.41) is 8.40. The van der Waals surface area contributed by atoms with Crippen molar-refractivity contribution in [3.8, 4) is 16.9 Å². The van der Waals surface area contributed by atoms with Gasteiger partial charge in [-0.3, -0.25) is 15.1 Å². The Bertz CT molecular complexity index is 1140. The molecule has 0 saturated carbocycles. The van der Waals surface area contributed by atoms with Gasteiger partial charge in [-0.15, -0.1) is 11.3 Å². The largest absolute Gasteiger partial charge is 0.497 e. The van der Waals surface area contributed by atoms with Crippen molar-refractivity contribution >= 4 is 22.9 Å². The van der Waals surface area contributed by atoms with Crippen LogP contribution in [-0.4, -0.2) is 29.0 Å². The van der Waals surface area contributed by atoms with E-state index in [1.807, 2.05) is 66.0 Å². The van der Waals surface area contributed by atoms with Gasteiger partial charge in [0.05, 0.1) is 24.4 Å². The van der Waals surface area contributed by atoms with Crippen LogP contribution in [0.5, 0.6) is 5.75 Å². The zero-order valence-electron chi connectivity index (χ0n) is 17.7. The molecule has 2 aromatic carbocycles. The molecule has 6 nitrogen and oxygen atoms in total. The minimum Gasteiger partial charge on any atom is -0.497 e. The maximum atomic E-state index is 13.3. The first-order chi connectivity index (χ1) is 15.7. The number of hydrogen-bond acceptors (Lipinski definition) is 6. The number of carbonyl (C=O) groups is 1. The van der Waals surface area contributed by atoms with Gasteiger partial charge in [-0.1, -0.05) is 30.3 Å². The zero-order valence-corrected chi connectivity index (χ0v) is 18.5. The summed E-state index contributed by atoms with van der Waals surface area (Å²) in [5.41, 5.74) is 6.41. The van der Waals surface area contributed by atoms with Crippen molar-refractivity contribution in [1.29, 1.82) is 0 Å². The highest BCUT2D eigenvalue weighted by atomic mass is 32.1. The van der Waals surface area contributed by atoms with E-state index in [4.69, 9.17) is 4.74 Å². The predicted molar refractivity (Wildman–Crippen MR) is 128 cm³/mol. The lowest BCUT2D eigenvalue weighted by Crippen LogP contribution is -2.41. The number of hydrogen-bond donors (Lipinski definition) is 2. The number of carbonyl (C=O) groups excluding carboxylic acids is 1. The first-order valence-corrected chi connectivity index (χ1v) is 11.2. The summed E-state index contributed by atoms with van der Waals surface area (Å²) in [5.74, 6) is 0.558. The Morgan fingerprint density at radius 2 is 1.88 bits per heavy atom. The number of ether oxygens (including phenoxy) is 1. The molecular formula is C25H24N4O2S. The summed E-state index contributed by atoms with van der Waals surface area (Å²) < 4.78 is 5.46. The van der Waals surface area contributed by atoms with Gasteiger partial charge in [0, 0.05) is 36.1 Å². The summed E-state index contributed by atoms with van der Waals surface area (Å²) >= 11 is 1.54. The zero-order chi connectivity index (χ0) is 22.2. The second-order valence-corrected chi connectivity index (χ2v) is 8.00. The molecule has 1 unspecified atom stereocenters. The molecule has 0 saturated heterocycles. The van der Waals surface area contributed by atoms with Gasteiger partial charge in [-0.05, 0) is 47.4 Å². The summed E-state index contributed by atoms with van der Waals surface area (Å²) in [7, 11) is 1.62. The number of pyridine rings is 1. The van der Waals surface area contributed by atoms with Crippen molar-refractivity contribution < 1.29 is 9.53 Å². The lowest BCUT2D eigenvalue weighted by molar-refractivity contribution is -0.118. The average Bonchev–Trinajstić information content (AvgIpc) is 3.36. The van der Waals surface area contributed by atoms with E-state index in [1.54, 1.807) is 25.0 Å². The van der Waals surface area contributed by atoms with Gasteiger partial charge in [0.25, 0.3) is 0 Å². The molecule has 0 spiro atoms. The van der Waals surface area contributed by atoms with E-state index < -0.39 is 6.04 Å². The van der Waals surface area contributed by atoms with Crippen molar-refractivity contribution in [1.82, 2.24) is 15.3 Å². The van der Waals surface area contributed by atoms with Crippen LogP contribution in [0.15, 0.2) is 83.9 Å². The summed E-state index contributed by atoms with van der Waals surface area (Å²) in [6.07, 6.45) is 4.05. The van der Waals surface area contributed by atoms with Crippen LogP contribution in [0.25, 0.3) is 11.1 Å². The molecule has 0 aliphatic heterocycles. The molecule has 4 rings (SSSR count). The second-order valence-electron chi connectivity index (χ2n) is 7.28. The van der Waals surface area contributed by atoms with E-state index in [1.165, 1.54) is 11.3 Å². The van der Waals surface area contributed by atoms with Gasteiger partial charge < -0.3 is 10.1 Å². The van der Waals surface area contributed by atoms with E-state index >= 15 is 0 Å². The number of benzene rings is 2. The first kappa shape index (κ1) is 21.7. The number of nitrogens with zero attached hydrogens (tertiary/aromatic N) is 2. The second kappa shape index (κ2) is 10.7. The summed E-state index contributed by atoms with van der Waals surface area (Å²) in [4.78, 5) is 21.7. The van der Waals surface area contributed by atoms with Crippen LogP contribution < -0.4 is 15.4 Å². The van der Waals surface area contributed by atoms with Crippen molar-refractivity contribution in [3.63, 3.8) is 0 Å². The van der Waals surface area contributed by atoms with Gasteiger partial charge in [0.15, 0.2) is 0 Å². The molecule has 0 aliphatic rings. The third kappa shape index (κ3) is 5.78. The molecule has 1 amide bonds. The molecule has 0 bridgehead atoms. The van der Waals surface area contributed by atoms with E-state index in [9.17, 15) is 4.79 Å². The Hall–Kier alpha value is -3.55. The lowest BCUT2D eigenvalue weighted by Gasteiger charge is -2.19. The Labute approximate surface area is 191 Å². The number of anilines is 1. The highest BCUT2D eigenvalue weighted by molar-refractivity contribution is 7.07. The van der Waals surface area contributed by atoms with Gasteiger partial charge >= 0.3 is 0 Å². The molecule has 2 heterocycles. The maximum absolute atomic E-state index is 13.3. The molecule has 162 valence electrons. The van der Waals surface area contributed by atoms with Crippen LogP contribution in [0.1, 0.15) is 11.3 Å². The number of thiazole rings is 1. The van der Waals surface area contributed by atoms with E-state index in [-0.39, 0.29) is 5.91 Å². The van der Waals surface area contributed by atoms with Gasteiger partial charge in [0.1, 0.15) is 5.75 Å². The predicted octanol–water partition coefficient (Wildman–Crippen LogP) is 4.55. The highest BCUT2D eigenvalue weighted by Gasteiger charge is 2.20. The first-order valence-electron chi connectivity index (χ1n) is 10.3. The minimum absolute atomic E-state index is 0.113. The van der Waals surface area contributed by atoms with E-state index in [0.717, 1.165) is 22.4 Å². The smallest absolute Gasteiger partial charge is 0.241 e. The Morgan fingerprint density at radius 1 is 1.06 bits per heavy atom. The lowest BCUT2D eigenvalue weighted by atomic mass is 10.0. The maximum Gasteiger partial charge on any atom is 0.241 e. The molecule has 32 heavy (non-hydrogen) atoms. The van der Waals surface area contributed by atoms with Crippen molar-refractivity contribution in [2.45, 2.75) is 19.0 Å². The minimum atomic E-state index is -0.422. The summed E-state index contributed by atoms with van der Waals surface area (Å²) in [6.45, 7) is 0.523. The SMILES string of the molecule is COc1cc(NC(=O)C(Cc2ccccc2)NCc2cscn2)cc(-c2ccncc2)c1. The molecule has 2 N–H and O–H groups in total. The molecule has 0 aliphatic carbocycles. The number of rotatable bonds is 9. The quantitative estimate of drug-likeness (QED) is 0.396. The standard InChI is InChI=1S/C25H24N4O2S/c1-31-23-13-20(19-7-9-26-10-8-19)12-21(14-23)29-25(30)24(11-18-5-3-2-4-6-18)27-15-22-16-32-17-28-22/h2-10,12-14,16-17,24,27H,11,15H2,1H3,(H,29,30). The fourth-order valence-electron chi connectivity index (χ4n) is 3.39. The van der Waals surface area contributed by atoms with Crippen LogP contribution in [0.4, 0.5) is 5.69 Å². The average molecular weight is 445 g/mol. The van der Waals surface area contributed by atoms with Gasteiger partial charge in [-0.2, -0.15) is 0 Å². The highest BCUT2D eigenvalue weighted by Crippen LogP contribution is 2.28. The van der Waals surface area contributed by atoms with Gasteiger partial charge in [-0.25, -0.2) is 4.98 Å². The van der Waals surface area contributed by atoms with Crippen molar-refractivity contribution in [3.05, 3.63) is 95.2 Å². The fourth-order valence-corrected chi connectivity index (χ4v) is 3.95. The molecule has 7 heteroatoms. The van der Waals surface area contributed by atoms with Crippen LogP contribution in [0.3, 0.4) is 0 Å². The molecule has 1 atom stereocenters. The van der Waals surface area contributed by atoms with Crippen molar-refractivity contribution in [2.24, 2.45) is 0 Å². The van der Waals surface area contributed by atoms with Crippen molar-refractivity contribution in [2.75, 3.05) is 12.4 Å². The topological polar surface area (TPSA) is 76.1 Å². The third-order valence-electron chi connectivity index (χ3n) is 5.04. The molecule has 2 aromatic heterocycles. The fraction of sp³-hybridized carbons (Fsp3) is 0.160. The van der Waals surface area contributed by atoms with E-state index in [2.05, 4.69) is 20.6 Å². The third-order valence-corrected chi connectivity index (χ3v) is 5.67. The van der Waals surface area contributed by atoms with Gasteiger partial charge in [0.2, 0.25) is 5.91 Å². The molecule has 0 radical (unpaired) electrons.